The molecule has 1 aromatic rings. The van der Waals surface area contributed by atoms with Gasteiger partial charge in [0.15, 0.2) is 0 Å². The lowest BCUT2D eigenvalue weighted by atomic mass is 9.83. The molecule has 1 aromatic heterocycles. The minimum absolute atomic E-state index is 0.0517. The number of aryl methyl sites for hydroxylation is 2. The van der Waals surface area contributed by atoms with Gasteiger partial charge in [-0.15, -0.1) is 0 Å². The van der Waals surface area contributed by atoms with Gasteiger partial charge in [0.25, 0.3) is 0 Å². The second-order valence-electron chi connectivity index (χ2n) is 5.44. The number of carbonyl (C=O) groups is 1. The molecule has 1 aliphatic rings. The van der Waals surface area contributed by atoms with Crippen molar-refractivity contribution >= 4 is 21.7 Å². The first-order valence-electron chi connectivity index (χ1n) is 6.96. The summed E-state index contributed by atoms with van der Waals surface area (Å²) in [5.41, 5.74) is 1.71. The molecule has 0 radical (unpaired) electrons. The summed E-state index contributed by atoms with van der Waals surface area (Å²) in [5.74, 6) is -2.77. The van der Waals surface area contributed by atoms with Crippen LogP contribution in [0.15, 0.2) is 4.47 Å². The van der Waals surface area contributed by atoms with Crippen molar-refractivity contribution in [1.82, 2.24) is 9.78 Å². The van der Waals surface area contributed by atoms with Gasteiger partial charge in [-0.25, -0.2) is 8.78 Å². The van der Waals surface area contributed by atoms with E-state index in [0.29, 0.717) is 19.4 Å². The van der Waals surface area contributed by atoms with Crippen molar-refractivity contribution < 1.29 is 13.6 Å². The molecule has 112 valence electrons. The van der Waals surface area contributed by atoms with E-state index >= 15 is 0 Å². The molecule has 1 aliphatic carbocycles. The standard InChI is InChI=1S/C14H19BrF2N2O/c1-3-19-11(13(15)9(2)18-19)8-12(20)10-4-6-14(16,17)7-5-10/h10H,3-8H2,1-2H3. The van der Waals surface area contributed by atoms with Crippen LogP contribution >= 0.6 is 15.9 Å². The summed E-state index contributed by atoms with van der Waals surface area (Å²) in [7, 11) is 0. The molecule has 1 saturated carbocycles. The maximum atomic E-state index is 13.1. The van der Waals surface area contributed by atoms with Crippen molar-refractivity contribution in [3.05, 3.63) is 15.9 Å². The Morgan fingerprint density at radius 3 is 2.60 bits per heavy atom. The first-order chi connectivity index (χ1) is 9.34. The summed E-state index contributed by atoms with van der Waals surface area (Å²) < 4.78 is 28.9. The molecule has 0 amide bonds. The Kier molecular flexibility index (Phi) is 4.62. The maximum Gasteiger partial charge on any atom is 0.248 e. The summed E-state index contributed by atoms with van der Waals surface area (Å²) in [6.45, 7) is 4.54. The molecule has 0 spiro atoms. The van der Waals surface area contributed by atoms with Crippen LogP contribution in [0.1, 0.15) is 44.0 Å². The molecular weight excluding hydrogens is 330 g/mol. The van der Waals surface area contributed by atoms with Crippen LogP contribution in [0.2, 0.25) is 0 Å². The number of halogens is 3. The molecule has 20 heavy (non-hydrogen) atoms. The Bertz CT molecular complexity index is 504. The van der Waals surface area contributed by atoms with Gasteiger partial charge in [-0.3, -0.25) is 9.48 Å². The number of carbonyl (C=O) groups excluding carboxylic acids is 1. The minimum atomic E-state index is -2.58. The van der Waals surface area contributed by atoms with Crippen molar-refractivity contribution in [3.63, 3.8) is 0 Å². The topological polar surface area (TPSA) is 34.9 Å². The van der Waals surface area contributed by atoms with Crippen molar-refractivity contribution in [1.29, 1.82) is 0 Å². The van der Waals surface area contributed by atoms with Crippen molar-refractivity contribution in [2.75, 3.05) is 0 Å². The SMILES string of the molecule is CCn1nc(C)c(Br)c1CC(=O)C1CCC(F)(F)CC1. The predicted octanol–water partition coefficient (Wildman–Crippen LogP) is 3.91. The fourth-order valence-corrected chi connectivity index (χ4v) is 3.13. The predicted molar refractivity (Wildman–Crippen MR) is 76.0 cm³/mol. The van der Waals surface area contributed by atoms with Crippen LogP contribution < -0.4 is 0 Å². The van der Waals surface area contributed by atoms with Crippen LogP contribution in [0.3, 0.4) is 0 Å². The first kappa shape index (κ1) is 15.6. The zero-order valence-corrected chi connectivity index (χ0v) is 13.3. The molecule has 3 nitrogen and oxygen atoms in total. The van der Waals surface area contributed by atoms with E-state index in [4.69, 9.17) is 0 Å². The number of alkyl halides is 2. The first-order valence-corrected chi connectivity index (χ1v) is 7.75. The fourth-order valence-electron chi connectivity index (χ4n) is 2.71. The van der Waals surface area contributed by atoms with Crippen LogP contribution in [0, 0.1) is 12.8 Å². The number of nitrogens with zero attached hydrogens (tertiary/aromatic N) is 2. The molecule has 0 aromatic carbocycles. The van der Waals surface area contributed by atoms with Gasteiger partial charge in [0.05, 0.1) is 15.9 Å². The van der Waals surface area contributed by atoms with Gasteiger partial charge in [-0.1, -0.05) is 0 Å². The van der Waals surface area contributed by atoms with Crippen molar-refractivity contribution in [2.24, 2.45) is 5.92 Å². The largest absolute Gasteiger partial charge is 0.299 e. The number of hydrogen-bond acceptors (Lipinski definition) is 2. The van der Waals surface area contributed by atoms with E-state index in [1.165, 1.54) is 0 Å². The molecule has 0 unspecified atom stereocenters. The van der Waals surface area contributed by atoms with E-state index in [1.54, 1.807) is 4.68 Å². The van der Waals surface area contributed by atoms with Crippen LogP contribution in [0.4, 0.5) is 8.78 Å². The molecule has 0 atom stereocenters. The third-order valence-electron chi connectivity index (χ3n) is 3.97. The van der Waals surface area contributed by atoms with Gasteiger partial charge in [-0.05, 0) is 42.6 Å². The van der Waals surface area contributed by atoms with Gasteiger partial charge in [-0.2, -0.15) is 5.10 Å². The fraction of sp³-hybridized carbons (Fsp3) is 0.714. The average Bonchev–Trinajstić information content (AvgIpc) is 2.66. The quantitative estimate of drug-likeness (QED) is 0.826. The highest BCUT2D eigenvalue weighted by molar-refractivity contribution is 9.10. The van der Waals surface area contributed by atoms with E-state index in [-0.39, 0.29) is 31.0 Å². The van der Waals surface area contributed by atoms with Crippen LogP contribution in [0.25, 0.3) is 0 Å². The second-order valence-corrected chi connectivity index (χ2v) is 6.23. The highest BCUT2D eigenvalue weighted by Gasteiger charge is 2.37. The zero-order chi connectivity index (χ0) is 14.9. The lowest BCUT2D eigenvalue weighted by molar-refractivity contribution is -0.126. The van der Waals surface area contributed by atoms with Crippen LogP contribution in [-0.2, 0) is 17.8 Å². The van der Waals surface area contributed by atoms with Gasteiger partial charge in [0, 0.05) is 31.7 Å². The Labute approximate surface area is 125 Å². The summed E-state index contributed by atoms with van der Waals surface area (Å²) in [6.07, 6.45) is 0.518. The molecule has 0 saturated heterocycles. The zero-order valence-electron chi connectivity index (χ0n) is 11.8. The van der Waals surface area contributed by atoms with E-state index in [9.17, 15) is 13.6 Å². The average molecular weight is 349 g/mol. The third kappa shape index (κ3) is 3.27. The van der Waals surface area contributed by atoms with E-state index < -0.39 is 5.92 Å². The van der Waals surface area contributed by atoms with Gasteiger partial charge in [0.2, 0.25) is 5.92 Å². The summed E-state index contributed by atoms with van der Waals surface area (Å²) in [5, 5.41) is 4.35. The van der Waals surface area contributed by atoms with E-state index in [1.807, 2.05) is 13.8 Å². The summed E-state index contributed by atoms with van der Waals surface area (Å²) >= 11 is 3.46. The smallest absolute Gasteiger partial charge is 0.248 e. The minimum Gasteiger partial charge on any atom is -0.299 e. The normalized spacial score (nSPS) is 19.2. The number of ketones is 1. The number of aromatic nitrogens is 2. The van der Waals surface area contributed by atoms with Crippen molar-refractivity contribution in [3.8, 4) is 0 Å². The number of Topliss-reactive ketones (excluding diaryl/α,β-unsaturated/α-hetero) is 1. The second kappa shape index (κ2) is 5.92. The molecule has 1 fully saturated rings. The Balaban J connectivity index is 2.05. The van der Waals surface area contributed by atoms with Crippen LogP contribution in [-0.4, -0.2) is 21.5 Å². The molecule has 2 rings (SSSR count). The summed E-state index contributed by atoms with van der Waals surface area (Å²) in [4.78, 5) is 12.3. The van der Waals surface area contributed by atoms with Crippen molar-refractivity contribution in [2.45, 2.75) is 58.4 Å². The molecular formula is C14H19BrF2N2O. The monoisotopic (exact) mass is 348 g/mol. The molecule has 0 aliphatic heterocycles. The molecule has 1 heterocycles. The Morgan fingerprint density at radius 2 is 2.05 bits per heavy atom. The summed E-state index contributed by atoms with van der Waals surface area (Å²) in [6, 6.07) is 0. The van der Waals surface area contributed by atoms with Crippen LogP contribution in [0.5, 0.6) is 0 Å². The Morgan fingerprint density at radius 1 is 1.45 bits per heavy atom. The third-order valence-corrected chi connectivity index (χ3v) is 5.00. The lowest BCUT2D eigenvalue weighted by Crippen LogP contribution is -2.29. The molecule has 0 N–H and O–H groups in total. The highest BCUT2D eigenvalue weighted by Crippen LogP contribution is 2.37. The highest BCUT2D eigenvalue weighted by atomic mass is 79.9. The van der Waals surface area contributed by atoms with E-state index in [0.717, 1.165) is 15.9 Å². The van der Waals surface area contributed by atoms with Gasteiger partial charge < -0.3 is 0 Å². The molecule has 6 heteroatoms. The van der Waals surface area contributed by atoms with Gasteiger partial charge in [0.1, 0.15) is 5.78 Å². The number of rotatable bonds is 4. The maximum absolute atomic E-state index is 13.1. The number of hydrogen-bond donors (Lipinski definition) is 0. The lowest BCUT2D eigenvalue weighted by Gasteiger charge is -2.27. The molecule has 0 bridgehead atoms. The Hall–Kier alpha value is -0.780. The van der Waals surface area contributed by atoms with Gasteiger partial charge >= 0.3 is 0 Å². The van der Waals surface area contributed by atoms with E-state index in [2.05, 4.69) is 21.0 Å².